The van der Waals surface area contributed by atoms with Crippen LogP contribution in [0.3, 0.4) is 0 Å². The number of carbonyl (C=O) groups excluding carboxylic acids is 1. The summed E-state index contributed by atoms with van der Waals surface area (Å²) in [6.07, 6.45) is 5.37. The summed E-state index contributed by atoms with van der Waals surface area (Å²) in [5.74, 6) is 0.382. The van der Waals surface area contributed by atoms with Gasteiger partial charge in [-0.3, -0.25) is 4.98 Å². The van der Waals surface area contributed by atoms with Crippen LogP contribution in [0.25, 0.3) is 0 Å². The number of sulfonamides is 1. The van der Waals surface area contributed by atoms with Crippen molar-refractivity contribution in [1.82, 2.24) is 14.2 Å². The first-order valence-electron chi connectivity index (χ1n) is 9.26. The molecule has 8 heteroatoms. The van der Waals surface area contributed by atoms with E-state index in [4.69, 9.17) is 4.74 Å². The Morgan fingerprint density at radius 2 is 1.88 bits per heavy atom. The highest BCUT2D eigenvalue weighted by Crippen LogP contribution is 2.31. The van der Waals surface area contributed by atoms with Crippen molar-refractivity contribution < 1.29 is 17.9 Å². The quantitative estimate of drug-likeness (QED) is 0.781. The van der Waals surface area contributed by atoms with Crippen LogP contribution in [0.1, 0.15) is 44.6 Å². The topological polar surface area (TPSA) is 79.8 Å². The van der Waals surface area contributed by atoms with Gasteiger partial charge in [-0.2, -0.15) is 0 Å². The highest BCUT2D eigenvalue weighted by Gasteiger charge is 2.44. The number of aromatic nitrogens is 1. The van der Waals surface area contributed by atoms with Gasteiger partial charge in [0, 0.05) is 38.6 Å². The van der Waals surface area contributed by atoms with Crippen LogP contribution in [0.4, 0.5) is 4.79 Å². The number of ether oxygens (including phenoxy) is 1. The van der Waals surface area contributed by atoms with E-state index in [9.17, 15) is 13.2 Å². The van der Waals surface area contributed by atoms with E-state index in [1.807, 2.05) is 26.0 Å². The lowest BCUT2D eigenvalue weighted by atomic mass is 9.91. The molecule has 0 N–H and O–H groups in total. The number of piperidine rings is 1. The second-order valence-electron chi connectivity index (χ2n) is 7.13. The third-order valence-electron chi connectivity index (χ3n) is 5.40. The molecule has 1 aromatic heterocycles. The largest absolute Gasteiger partial charge is 0.446 e. The number of likely N-dealkylation sites (tertiary alicyclic amines) is 1. The normalized spacial score (nSPS) is 21.2. The Labute approximate surface area is 155 Å². The van der Waals surface area contributed by atoms with Crippen LogP contribution in [0.15, 0.2) is 24.5 Å². The minimum atomic E-state index is -3.36. The molecule has 0 aromatic carbocycles. The summed E-state index contributed by atoms with van der Waals surface area (Å²) in [5.41, 5.74) is 1.22. The van der Waals surface area contributed by atoms with Crippen LogP contribution < -0.4 is 0 Å². The third-order valence-corrected chi connectivity index (χ3v) is 7.62. The number of hydrogen-bond donors (Lipinski definition) is 0. The monoisotopic (exact) mass is 381 g/mol. The zero-order valence-corrected chi connectivity index (χ0v) is 16.2. The maximum absolute atomic E-state index is 12.8. The Hall–Kier alpha value is -1.67. The molecule has 3 heterocycles. The maximum atomic E-state index is 12.8. The van der Waals surface area contributed by atoms with Crippen LogP contribution in [-0.2, 0) is 14.8 Å². The fraction of sp³-hybridized carbons (Fsp3) is 0.667. The standard InChI is InChI=1S/C18H27N3O4S/c1-3-14(2)25-18(22)20-12-17(13-20)26(23,24)21-10-6-16(7-11-21)15-4-8-19-9-5-15/h4-5,8-9,14,16-17H,3,6-7,10-13H2,1-2H3. The lowest BCUT2D eigenvalue weighted by Crippen LogP contribution is -2.60. The van der Waals surface area contributed by atoms with Crippen molar-refractivity contribution in [3.63, 3.8) is 0 Å². The summed E-state index contributed by atoms with van der Waals surface area (Å²) in [4.78, 5) is 17.4. The number of pyridine rings is 1. The lowest BCUT2D eigenvalue weighted by molar-refractivity contribution is 0.0521. The first-order valence-corrected chi connectivity index (χ1v) is 10.8. The maximum Gasteiger partial charge on any atom is 0.410 e. The van der Waals surface area contributed by atoms with Gasteiger partial charge in [0.05, 0.1) is 0 Å². The molecule has 2 aliphatic heterocycles. The van der Waals surface area contributed by atoms with Gasteiger partial charge >= 0.3 is 6.09 Å². The molecule has 0 bridgehead atoms. The Bertz CT molecular complexity index is 711. The number of hydrogen-bond acceptors (Lipinski definition) is 5. The van der Waals surface area contributed by atoms with Crippen LogP contribution in [0.2, 0.25) is 0 Å². The van der Waals surface area contributed by atoms with Gasteiger partial charge in [-0.25, -0.2) is 17.5 Å². The molecule has 0 spiro atoms. The summed E-state index contributed by atoms with van der Waals surface area (Å²) < 4.78 is 32.4. The molecule has 0 saturated carbocycles. The van der Waals surface area contributed by atoms with Gasteiger partial charge in [-0.15, -0.1) is 0 Å². The molecule has 1 amide bonds. The second kappa shape index (κ2) is 7.92. The summed E-state index contributed by atoms with van der Waals surface area (Å²) >= 11 is 0. The van der Waals surface area contributed by atoms with E-state index in [0.29, 0.717) is 19.0 Å². The Kier molecular flexibility index (Phi) is 5.82. The molecule has 1 aromatic rings. The van der Waals surface area contributed by atoms with E-state index in [-0.39, 0.29) is 19.2 Å². The first kappa shape index (κ1) is 19.1. The number of amides is 1. The molecular weight excluding hydrogens is 354 g/mol. The molecule has 26 heavy (non-hydrogen) atoms. The number of carbonyl (C=O) groups is 1. The molecule has 2 fully saturated rings. The zero-order valence-electron chi connectivity index (χ0n) is 15.4. The lowest BCUT2D eigenvalue weighted by Gasteiger charge is -2.41. The van der Waals surface area contributed by atoms with Crippen molar-refractivity contribution in [1.29, 1.82) is 0 Å². The van der Waals surface area contributed by atoms with Crippen LogP contribution in [-0.4, -0.2) is 66.2 Å². The van der Waals surface area contributed by atoms with Gasteiger partial charge in [-0.05, 0) is 49.8 Å². The Morgan fingerprint density at radius 1 is 1.27 bits per heavy atom. The molecule has 7 nitrogen and oxygen atoms in total. The van der Waals surface area contributed by atoms with Crippen LogP contribution >= 0.6 is 0 Å². The van der Waals surface area contributed by atoms with Crippen molar-refractivity contribution in [2.75, 3.05) is 26.2 Å². The van der Waals surface area contributed by atoms with Crippen molar-refractivity contribution >= 4 is 16.1 Å². The Morgan fingerprint density at radius 3 is 2.46 bits per heavy atom. The van der Waals surface area contributed by atoms with Gasteiger partial charge < -0.3 is 9.64 Å². The van der Waals surface area contributed by atoms with Gasteiger partial charge in [0.1, 0.15) is 11.4 Å². The molecular formula is C18H27N3O4S. The predicted octanol–water partition coefficient (Wildman–Crippen LogP) is 2.21. The van der Waals surface area contributed by atoms with Gasteiger partial charge in [0.2, 0.25) is 10.0 Å². The van der Waals surface area contributed by atoms with Gasteiger partial charge in [0.15, 0.2) is 0 Å². The predicted molar refractivity (Wildman–Crippen MR) is 98.3 cm³/mol. The van der Waals surface area contributed by atoms with E-state index in [1.54, 1.807) is 16.7 Å². The SMILES string of the molecule is CCC(C)OC(=O)N1CC(S(=O)(=O)N2CCC(c3ccncc3)CC2)C1. The average molecular weight is 381 g/mol. The van der Waals surface area contributed by atoms with Crippen molar-refractivity contribution in [3.8, 4) is 0 Å². The molecule has 1 atom stereocenters. The van der Waals surface area contributed by atoms with Crippen molar-refractivity contribution in [2.24, 2.45) is 0 Å². The molecule has 0 radical (unpaired) electrons. The smallest absolute Gasteiger partial charge is 0.410 e. The fourth-order valence-corrected chi connectivity index (χ4v) is 5.27. The van der Waals surface area contributed by atoms with Gasteiger partial charge in [-0.1, -0.05) is 6.92 Å². The summed E-state index contributed by atoms with van der Waals surface area (Å²) in [6.45, 7) is 5.28. The molecule has 0 aliphatic carbocycles. The minimum absolute atomic E-state index is 0.148. The van der Waals surface area contributed by atoms with Crippen LogP contribution in [0, 0.1) is 0 Å². The van der Waals surface area contributed by atoms with Crippen molar-refractivity contribution in [2.45, 2.75) is 50.4 Å². The van der Waals surface area contributed by atoms with E-state index in [2.05, 4.69) is 4.98 Å². The first-order chi connectivity index (χ1) is 12.4. The van der Waals surface area contributed by atoms with Crippen molar-refractivity contribution in [3.05, 3.63) is 30.1 Å². The third kappa shape index (κ3) is 4.01. The van der Waals surface area contributed by atoms with Crippen LogP contribution in [0.5, 0.6) is 0 Å². The average Bonchev–Trinajstić information content (AvgIpc) is 2.61. The second-order valence-corrected chi connectivity index (χ2v) is 9.34. The fourth-order valence-electron chi connectivity index (χ4n) is 3.40. The summed E-state index contributed by atoms with van der Waals surface area (Å²) in [7, 11) is -3.36. The van der Waals surface area contributed by atoms with E-state index >= 15 is 0 Å². The molecule has 2 aliphatic rings. The van der Waals surface area contributed by atoms with Gasteiger partial charge in [0.25, 0.3) is 0 Å². The Balaban J connectivity index is 1.50. The molecule has 3 rings (SSSR count). The highest BCUT2D eigenvalue weighted by atomic mass is 32.2. The van der Waals surface area contributed by atoms with E-state index in [1.165, 1.54) is 10.5 Å². The molecule has 1 unspecified atom stereocenters. The number of rotatable bonds is 5. The van der Waals surface area contributed by atoms with E-state index in [0.717, 1.165) is 19.3 Å². The molecule has 144 valence electrons. The summed E-state index contributed by atoms with van der Waals surface area (Å²) in [5, 5.41) is -0.510. The summed E-state index contributed by atoms with van der Waals surface area (Å²) in [6, 6.07) is 4.00. The highest BCUT2D eigenvalue weighted by molar-refractivity contribution is 7.89. The minimum Gasteiger partial charge on any atom is -0.446 e. The number of nitrogens with zero attached hydrogens (tertiary/aromatic N) is 3. The van der Waals surface area contributed by atoms with E-state index < -0.39 is 21.4 Å². The molecule has 2 saturated heterocycles. The zero-order chi connectivity index (χ0) is 18.7.